The highest BCUT2D eigenvalue weighted by Gasteiger charge is 2.22. The molecule has 0 unspecified atom stereocenters. The van der Waals surface area contributed by atoms with E-state index < -0.39 is 34.7 Å². The number of phenols is 1. The van der Waals surface area contributed by atoms with Crippen LogP contribution in [0.2, 0.25) is 0 Å². The first kappa shape index (κ1) is 13.9. The second kappa shape index (κ2) is 5.24. The van der Waals surface area contributed by atoms with Crippen LogP contribution >= 0.6 is 0 Å². The monoisotopic (exact) mass is 285 g/mol. The van der Waals surface area contributed by atoms with Crippen molar-refractivity contribution in [3.8, 4) is 5.75 Å². The van der Waals surface area contributed by atoms with Gasteiger partial charge in [0.15, 0.2) is 23.2 Å². The molecule has 5 nitrogen and oxygen atoms in total. The molecule has 0 aliphatic heterocycles. The summed E-state index contributed by atoms with van der Waals surface area (Å²) in [6.45, 7) is 1.85. The van der Waals surface area contributed by atoms with Crippen LogP contribution in [0.1, 0.15) is 23.0 Å². The molecule has 0 atom stereocenters. The van der Waals surface area contributed by atoms with Crippen molar-refractivity contribution in [1.29, 1.82) is 0 Å². The standard InChI is InChI=1S/C12H10F3N3O2/c1-2-5-3-8(18-17-5)16-12(20)6-4-7(13)10(15)11(19)9(6)14/h3-4,19H,2H2,1H3,(H2,16,17,18,20). The molecule has 0 bridgehead atoms. The van der Waals surface area contributed by atoms with Crippen LogP contribution in [0.4, 0.5) is 19.0 Å². The Balaban J connectivity index is 2.30. The molecule has 0 radical (unpaired) electrons. The topological polar surface area (TPSA) is 78.0 Å². The smallest absolute Gasteiger partial charge is 0.260 e. The molecular formula is C12H10F3N3O2. The lowest BCUT2D eigenvalue weighted by Crippen LogP contribution is -2.15. The van der Waals surface area contributed by atoms with E-state index in [4.69, 9.17) is 5.11 Å². The summed E-state index contributed by atoms with van der Waals surface area (Å²) in [5.41, 5.74) is -0.0867. The fourth-order valence-corrected chi connectivity index (χ4v) is 1.55. The minimum absolute atomic E-state index is 0.107. The minimum atomic E-state index is -1.74. The number of halogens is 3. The highest BCUT2D eigenvalue weighted by molar-refractivity contribution is 6.04. The van der Waals surface area contributed by atoms with Gasteiger partial charge in [-0.05, 0) is 12.5 Å². The molecular weight excluding hydrogens is 275 g/mol. The van der Waals surface area contributed by atoms with E-state index in [1.165, 1.54) is 6.07 Å². The summed E-state index contributed by atoms with van der Waals surface area (Å²) >= 11 is 0. The number of carbonyl (C=O) groups is 1. The number of anilines is 1. The molecule has 0 fully saturated rings. The number of phenolic OH excluding ortho intramolecular Hbond substituents is 1. The fraction of sp³-hybridized carbons (Fsp3) is 0.167. The average Bonchev–Trinajstić information content (AvgIpc) is 2.88. The number of aromatic amines is 1. The Morgan fingerprint density at radius 3 is 2.65 bits per heavy atom. The van der Waals surface area contributed by atoms with Crippen molar-refractivity contribution in [3.63, 3.8) is 0 Å². The van der Waals surface area contributed by atoms with E-state index in [0.29, 0.717) is 12.5 Å². The van der Waals surface area contributed by atoms with Gasteiger partial charge in [0.25, 0.3) is 5.91 Å². The number of hydrogen-bond acceptors (Lipinski definition) is 3. The molecule has 0 saturated carbocycles. The molecule has 1 aromatic carbocycles. The quantitative estimate of drug-likeness (QED) is 0.757. The maximum Gasteiger partial charge on any atom is 0.260 e. The van der Waals surface area contributed by atoms with Crippen LogP contribution in [0.3, 0.4) is 0 Å². The zero-order chi connectivity index (χ0) is 14.9. The maximum atomic E-state index is 13.5. The first-order valence-electron chi connectivity index (χ1n) is 5.66. The lowest BCUT2D eigenvalue weighted by Gasteiger charge is -2.06. The van der Waals surface area contributed by atoms with E-state index in [9.17, 15) is 18.0 Å². The van der Waals surface area contributed by atoms with Gasteiger partial charge in [-0.25, -0.2) is 8.78 Å². The Bertz CT molecular complexity index is 670. The summed E-state index contributed by atoms with van der Waals surface area (Å²) in [4.78, 5) is 11.7. The molecule has 2 rings (SSSR count). The highest BCUT2D eigenvalue weighted by atomic mass is 19.2. The third kappa shape index (κ3) is 2.44. The second-order valence-corrected chi connectivity index (χ2v) is 3.97. The summed E-state index contributed by atoms with van der Waals surface area (Å²) < 4.78 is 39.5. The molecule has 106 valence electrons. The lowest BCUT2D eigenvalue weighted by molar-refractivity contribution is 0.102. The van der Waals surface area contributed by atoms with E-state index in [1.54, 1.807) is 0 Å². The molecule has 8 heteroatoms. The minimum Gasteiger partial charge on any atom is -0.503 e. The van der Waals surface area contributed by atoms with Gasteiger partial charge in [-0.15, -0.1) is 0 Å². The van der Waals surface area contributed by atoms with Gasteiger partial charge in [-0.1, -0.05) is 6.92 Å². The largest absolute Gasteiger partial charge is 0.503 e. The average molecular weight is 285 g/mol. The summed E-state index contributed by atoms with van der Waals surface area (Å²) in [5.74, 6) is -7.28. The number of aromatic nitrogens is 2. The first-order valence-corrected chi connectivity index (χ1v) is 5.66. The van der Waals surface area contributed by atoms with Crippen LogP contribution in [0.5, 0.6) is 5.75 Å². The number of aromatic hydroxyl groups is 1. The molecule has 2 aromatic rings. The highest BCUT2D eigenvalue weighted by Crippen LogP contribution is 2.26. The predicted octanol–water partition coefficient (Wildman–Crippen LogP) is 2.35. The Labute approximate surface area is 111 Å². The van der Waals surface area contributed by atoms with Gasteiger partial charge in [-0.2, -0.15) is 9.49 Å². The van der Waals surface area contributed by atoms with Crippen molar-refractivity contribution in [1.82, 2.24) is 10.2 Å². The van der Waals surface area contributed by atoms with Crippen LogP contribution in [0, 0.1) is 17.5 Å². The molecule has 0 saturated heterocycles. The van der Waals surface area contributed by atoms with Crippen molar-refractivity contribution in [2.45, 2.75) is 13.3 Å². The van der Waals surface area contributed by atoms with E-state index in [0.717, 1.165) is 5.69 Å². The van der Waals surface area contributed by atoms with Crippen molar-refractivity contribution in [2.24, 2.45) is 0 Å². The van der Waals surface area contributed by atoms with Crippen molar-refractivity contribution in [2.75, 3.05) is 5.32 Å². The second-order valence-electron chi connectivity index (χ2n) is 3.97. The zero-order valence-corrected chi connectivity index (χ0v) is 10.3. The fourth-order valence-electron chi connectivity index (χ4n) is 1.55. The van der Waals surface area contributed by atoms with Crippen molar-refractivity contribution >= 4 is 11.7 Å². The van der Waals surface area contributed by atoms with Gasteiger partial charge in [0.2, 0.25) is 5.82 Å². The SMILES string of the molecule is CCc1cc(NC(=O)c2cc(F)c(F)c(O)c2F)n[nH]1. The van der Waals surface area contributed by atoms with Gasteiger partial charge in [0.05, 0.1) is 5.56 Å². The van der Waals surface area contributed by atoms with Crippen LogP contribution in [0.25, 0.3) is 0 Å². The number of rotatable bonds is 3. The van der Waals surface area contributed by atoms with Gasteiger partial charge in [-0.3, -0.25) is 9.89 Å². The summed E-state index contributed by atoms with van der Waals surface area (Å²) in [6, 6.07) is 1.88. The Morgan fingerprint density at radius 1 is 1.35 bits per heavy atom. The van der Waals surface area contributed by atoms with Gasteiger partial charge < -0.3 is 10.4 Å². The number of H-pyrrole nitrogens is 1. The third-order valence-corrected chi connectivity index (χ3v) is 2.63. The first-order chi connectivity index (χ1) is 9.43. The van der Waals surface area contributed by atoms with E-state index >= 15 is 0 Å². The summed E-state index contributed by atoms with van der Waals surface area (Å²) in [5, 5.41) is 17.6. The third-order valence-electron chi connectivity index (χ3n) is 2.63. The number of amides is 1. The number of nitrogens with one attached hydrogen (secondary N) is 2. The number of carbonyl (C=O) groups excluding carboxylic acids is 1. The molecule has 1 amide bonds. The maximum absolute atomic E-state index is 13.5. The van der Waals surface area contributed by atoms with Crippen LogP contribution in [-0.4, -0.2) is 21.2 Å². The number of benzene rings is 1. The molecule has 0 spiro atoms. The molecule has 20 heavy (non-hydrogen) atoms. The Hall–Kier alpha value is -2.51. The van der Waals surface area contributed by atoms with Crippen LogP contribution in [-0.2, 0) is 6.42 Å². The van der Waals surface area contributed by atoms with Gasteiger partial charge >= 0.3 is 0 Å². The Morgan fingerprint density at radius 2 is 2.05 bits per heavy atom. The van der Waals surface area contributed by atoms with Crippen molar-refractivity contribution < 1.29 is 23.1 Å². The zero-order valence-electron chi connectivity index (χ0n) is 10.3. The predicted molar refractivity (Wildman–Crippen MR) is 63.9 cm³/mol. The summed E-state index contributed by atoms with van der Waals surface area (Å²) in [7, 11) is 0. The van der Waals surface area contributed by atoms with E-state index in [1.807, 2.05) is 6.92 Å². The molecule has 3 N–H and O–H groups in total. The summed E-state index contributed by atoms with van der Waals surface area (Å²) in [6.07, 6.45) is 0.642. The van der Waals surface area contributed by atoms with Crippen LogP contribution < -0.4 is 5.32 Å². The molecule has 1 heterocycles. The lowest BCUT2D eigenvalue weighted by atomic mass is 10.1. The van der Waals surface area contributed by atoms with E-state index in [2.05, 4.69) is 15.5 Å². The number of nitrogens with zero attached hydrogens (tertiary/aromatic N) is 1. The number of aryl methyl sites for hydroxylation is 1. The molecule has 1 aromatic heterocycles. The number of hydrogen-bond donors (Lipinski definition) is 3. The molecule has 0 aliphatic rings. The van der Waals surface area contributed by atoms with Gasteiger partial charge in [0, 0.05) is 11.8 Å². The van der Waals surface area contributed by atoms with Crippen LogP contribution in [0.15, 0.2) is 12.1 Å². The van der Waals surface area contributed by atoms with Gasteiger partial charge in [0.1, 0.15) is 0 Å². The van der Waals surface area contributed by atoms with Crippen molar-refractivity contribution in [3.05, 3.63) is 40.8 Å². The normalized spacial score (nSPS) is 10.6. The molecule has 0 aliphatic carbocycles. The Kier molecular flexibility index (Phi) is 3.64. The van der Waals surface area contributed by atoms with E-state index in [-0.39, 0.29) is 5.82 Å².